The predicted octanol–water partition coefficient (Wildman–Crippen LogP) is 2.42. The number of hydrogen-bond acceptors (Lipinski definition) is 3. The molecule has 1 aromatic heterocycles. The van der Waals surface area contributed by atoms with Crippen LogP contribution in [0.1, 0.15) is 55.8 Å². The Morgan fingerprint density at radius 3 is 2.89 bits per heavy atom. The number of ketones is 1. The van der Waals surface area contributed by atoms with E-state index in [1.54, 1.807) is 17.1 Å². The molecule has 1 aromatic rings. The smallest absolute Gasteiger partial charge is 0.194 e. The van der Waals surface area contributed by atoms with Gasteiger partial charge in [0.05, 0.1) is 11.8 Å². The molecule has 1 unspecified atom stereocenters. The minimum Gasteiger partial charge on any atom is -0.385 e. The van der Waals surface area contributed by atoms with E-state index in [4.69, 9.17) is 0 Å². The molecule has 18 heavy (non-hydrogen) atoms. The summed E-state index contributed by atoms with van der Waals surface area (Å²) < 4.78 is 1.76. The standard InChI is InChI=1S/C14H22N2O2/c1-2-8-16-10-12(9-15-16)14(18)13(17)11-6-4-3-5-7-11/h9-11,13,17H,2-8H2,1H3. The molecular formula is C14H22N2O2. The number of aliphatic hydroxyl groups is 1. The van der Waals surface area contributed by atoms with Crippen LogP contribution in [0.25, 0.3) is 0 Å². The Bertz CT molecular complexity index is 394. The molecule has 0 bridgehead atoms. The topological polar surface area (TPSA) is 55.1 Å². The summed E-state index contributed by atoms with van der Waals surface area (Å²) in [6, 6.07) is 0. The van der Waals surface area contributed by atoms with Gasteiger partial charge in [-0.15, -0.1) is 0 Å². The molecule has 1 aliphatic rings. The van der Waals surface area contributed by atoms with Gasteiger partial charge in [0.1, 0.15) is 6.10 Å². The molecule has 0 aliphatic heterocycles. The first-order valence-electron chi connectivity index (χ1n) is 6.97. The molecule has 1 fully saturated rings. The van der Waals surface area contributed by atoms with E-state index in [-0.39, 0.29) is 11.7 Å². The fourth-order valence-electron chi connectivity index (χ4n) is 2.68. The van der Waals surface area contributed by atoms with Crippen LogP contribution in [-0.4, -0.2) is 26.8 Å². The van der Waals surface area contributed by atoms with Crippen molar-refractivity contribution in [1.29, 1.82) is 0 Å². The molecule has 1 N–H and O–H groups in total. The van der Waals surface area contributed by atoms with E-state index in [1.807, 2.05) is 0 Å². The number of carbonyl (C=O) groups is 1. The minimum atomic E-state index is -0.843. The molecule has 0 saturated heterocycles. The molecular weight excluding hydrogens is 228 g/mol. The molecule has 100 valence electrons. The van der Waals surface area contributed by atoms with E-state index in [1.165, 1.54) is 6.42 Å². The van der Waals surface area contributed by atoms with Crippen LogP contribution in [0.15, 0.2) is 12.4 Å². The maximum atomic E-state index is 12.2. The molecule has 0 amide bonds. The third-order valence-corrected chi connectivity index (χ3v) is 3.74. The highest BCUT2D eigenvalue weighted by Gasteiger charge is 2.28. The van der Waals surface area contributed by atoms with Crippen molar-refractivity contribution in [2.75, 3.05) is 0 Å². The molecule has 4 nitrogen and oxygen atoms in total. The van der Waals surface area contributed by atoms with Crippen LogP contribution >= 0.6 is 0 Å². The van der Waals surface area contributed by atoms with Gasteiger partial charge in [0.25, 0.3) is 0 Å². The Balaban J connectivity index is 2.00. The fourth-order valence-corrected chi connectivity index (χ4v) is 2.68. The van der Waals surface area contributed by atoms with E-state index in [0.717, 1.165) is 38.6 Å². The fraction of sp³-hybridized carbons (Fsp3) is 0.714. The zero-order valence-electron chi connectivity index (χ0n) is 11.0. The lowest BCUT2D eigenvalue weighted by molar-refractivity contribution is 0.0534. The Morgan fingerprint density at radius 1 is 1.50 bits per heavy atom. The van der Waals surface area contributed by atoms with Gasteiger partial charge < -0.3 is 5.11 Å². The zero-order valence-corrected chi connectivity index (χ0v) is 11.0. The molecule has 2 rings (SSSR count). The number of nitrogens with zero attached hydrogens (tertiary/aromatic N) is 2. The van der Waals surface area contributed by atoms with E-state index in [0.29, 0.717) is 5.56 Å². The van der Waals surface area contributed by atoms with E-state index in [9.17, 15) is 9.90 Å². The quantitative estimate of drug-likeness (QED) is 0.816. The van der Waals surface area contributed by atoms with Crippen LogP contribution < -0.4 is 0 Å². The molecule has 0 aromatic carbocycles. The van der Waals surface area contributed by atoms with Gasteiger partial charge in [-0.05, 0) is 25.2 Å². The molecule has 1 aliphatic carbocycles. The Kier molecular flexibility index (Phi) is 4.53. The second-order valence-corrected chi connectivity index (χ2v) is 5.20. The summed E-state index contributed by atoms with van der Waals surface area (Å²) in [6.07, 6.45) is 8.89. The second-order valence-electron chi connectivity index (χ2n) is 5.20. The van der Waals surface area contributed by atoms with E-state index in [2.05, 4.69) is 12.0 Å². The van der Waals surface area contributed by atoms with Gasteiger partial charge in [-0.1, -0.05) is 26.2 Å². The largest absolute Gasteiger partial charge is 0.385 e. The summed E-state index contributed by atoms with van der Waals surface area (Å²) in [7, 11) is 0. The number of aryl methyl sites for hydroxylation is 1. The average Bonchev–Trinajstić information content (AvgIpc) is 2.87. The maximum Gasteiger partial charge on any atom is 0.194 e. The van der Waals surface area contributed by atoms with Crippen molar-refractivity contribution in [2.45, 2.75) is 58.1 Å². The minimum absolute atomic E-state index is 0.140. The zero-order chi connectivity index (χ0) is 13.0. The van der Waals surface area contributed by atoms with Gasteiger partial charge in [-0.2, -0.15) is 5.10 Å². The van der Waals surface area contributed by atoms with Crippen LogP contribution in [-0.2, 0) is 6.54 Å². The van der Waals surface area contributed by atoms with Gasteiger partial charge in [-0.25, -0.2) is 0 Å². The third kappa shape index (κ3) is 2.99. The summed E-state index contributed by atoms with van der Waals surface area (Å²) in [5, 5.41) is 14.3. The van der Waals surface area contributed by atoms with E-state index >= 15 is 0 Å². The highest BCUT2D eigenvalue weighted by molar-refractivity contribution is 5.99. The molecule has 0 spiro atoms. The summed E-state index contributed by atoms with van der Waals surface area (Å²) in [6.45, 7) is 2.88. The number of hydrogen-bond donors (Lipinski definition) is 1. The normalized spacial score (nSPS) is 18.8. The van der Waals surface area contributed by atoms with Crippen LogP contribution in [0.2, 0.25) is 0 Å². The highest BCUT2D eigenvalue weighted by Crippen LogP contribution is 2.27. The van der Waals surface area contributed by atoms with Crippen molar-refractivity contribution in [2.24, 2.45) is 5.92 Å². The monoisotopic (exact) mass is 250 g/mol. The lowest BCUT2D eigenvalue weighted by atomic mass is 9.83. The molecule has 1 saturated carbocycles. The first-order chi connectivity index (χ1) is 8.72. The first-order valence-corrected chi connectivity index (χ1v) is 6.97. The summed E-state index contributed by atoms with van der Waals surface area (Å²) in [5.74, 6) is -0.0231. The van der Waals surface area contributed by atoms with Gasteiger partial charge in [0, 0.05) is 12.7 Å². The molecule has 4 heteroatoms. The van der Waals surface area contributed by atoms with Crippen molar-refractivity contribution in [3.8, 4) is 0 Å². The predicted molar refractivity (Wildman–Crippen MR) is 69.4 cm³/mol. The van der Waals surface area contributed by atoms with Crippen LogP contribution in [0, 0.1) is 5.92 Å². The number of rotatable bonds is 5. The Labute approximate surface area is 108 Å². The lowest BCUT2D eigenvalue weighted by Gasteiger charge is -2.25. The molecule has 1 heterocycles. The van der Waals surface area contributed by atoms with Crippen molar-refractivity contribution in [1.82, 2.24) is 9.78 Å². The maximum absolute atomic E-state index is 12.2. The van der Waals surface area contributed by atoms with Crippen molar-refractivity contribution in [3.63, 3.8) is 0 Å². The first kappa shape index (κ1) is 13.3. The van der Waals surface area contributed by atoms with Gasteiger partial charge >= 0.3 is 0 Å². The van der Waals surface area contributed by atoms with Crippen LogP contribution in [0.5, 0.6) is 0 Å². The number of Topliss-reactive ketones (excluding diaryl/α,β-unsaturated/α-hetero) is 1. The number of aromatic nitrogens is 2. The highest BCUT2D eigenvalue weighted by atomic mass is 16.3. The summed E-state index contributed by atoms with van der Waals surface area (Å²) >= 11 is 0. The second kappa shape index (κ2) is 6.14. The molecule has 1 atom stereocenters. The van der Waals surface area contributed by atoms with E-state index < -0.39 is 6.10 Å². The molecule has 0 radical (unpaired) electrons. The average molecular weight is 250 g/mol. The van der Waals surface area contributed by atoms with Crippen molar-refractivity contribution < 1.29 is 9.90 Å². The Hall–Kier alpha value is -1.16. The third-order valence-electron chi connectivity index (χ3n) is 3.74. The lowest BCUT2D eigenvalue weighted by Crippen LogP contribution is -2.30. The SMILES string of the molecule is CCCn1cc(C(=O)C(O)C2CCCCC2)cn1. The van der Waals surface area contributed by atoms with Gasteiger partial charge in [0.2, 0.25) is 0 Å². The summed E-state index contributed by atoms with van der Waals surface area (Å²) in [4.78, 5) is 12.2. The van der Waals surface area contributed by atoms with Gasteiger partial charge in [0.15, 0.2) is 5.78 Å². The van der Waals surface area contributed by atoms with Crippen LogP contribution in [0.3, 0.4) is 0 Å². The van der Waals surface area contributed by atoms with Crippen LogP contribution in [0.4, 0.5) is 0 Å². The van der Waals surface area contributed by atoms with Crippen molar-refractivity contribution in [3.05, 3.63) is 18.0 Å². The van der Waals surface area contributed by atoms with Gasteiger partial charge in [-0.3, -0.25) is 9.48 Å². The number of aliphatic hydroxyl groups excluding tert-OH is 1. The Morgan fingerprint density at radius 2 is 2.22 bits per heavy atom. The van der Waals surface area contributed by atoms with Crippen molar-refractivity contribution >= 4 is 5.78 Å². The summed E-state index contributed by atoms with van der Waals surface area (Å²) in [5.41, 5.74) is 0.543. The number of carbonyl (C=O) groups excluding carboxylic acids is 1.